The number of aryl methyl sites for hydroxylation is 2. The topological polar surface area (TPSA) is 76.1 Å². The molecule has 0 bridgehead atoms. The van der Waals surface area contributed by atoms with E-state index in [-0.39, 0.29) is 5.91 Å². The highest BCUT2D eigenvalue weighted by molar-refractivity contribution is 5.94. The van der Waals surface area contributed by atoms with Gasteiger partial charge < -0.3 is 15.4 Å². The van der Waals surface area contributed by atoms with E-state index in [1.807, 2.05) is 54.9 Å². The standard InChI is InChI=1S/C21H22N4O2/c1-22-20(26)17-10-15(11-19(12-17)27-2)8-9-16-13-23-21(24-14-16)25-18-6-4-3-5-7-18/h3-7,10-14H,8-9H2,1-2H3,(H,22,26)(H,23,24,25). The van der Waals surface area contributed by atoms with Crippen molar-refractivity contribution >= 4 is 17.5 Å². The largest absolute Gasteiger partial charge is 0.497 e. The molecule has 3 rings (SSSR count). The molecule has 3 aromatic rings. The van der Waals surface area contributed by atoms with Crippen LogP contribution in [0.3, 0.4) is 0 Å². The maximum absolute atomic E-state index is 11.9. The summed E-state index contributed by atoms with van der Waals surface area (Å²) in [5, 5.41) is 5.80. The number of amides is 1. The first kappa shape index (κ1) is 18.4. The van der Waals surface area contributed by atoms with E-state index in [1.54, 1.807) is 20.2 Å². The number of carbonyl (C=O) groups excluding carboxylic acids is 1. The van der Waals surface area contributed by atoms with Crippen LogP contribution in [0.1, 0.15) is 21.5 Å². The fourth-order valence-corrected chi connectivity index (χ4v) is 2.69. The molecular formula is C21H22N4O2. The molecule has 1 aromatic heterocycles. The van der Waals surface area contributed by atoms with E-state index < -0.39 is 0 Å². The average molecular weight is 362 g/mol. The molecule has 1 heterocycles. The average Bonchev–Trinajstić information content (AvgIpc) is 2.73. The van der Waals surface area contributed by atoms with Crippen LogP contribution in [0.25, 0.3) is 0 Å². The second kappa shape index (κ2) is 8.80. The van der Waals surface area contributed by atoms with Gasteiger partial charge in [0, 0.05) is 30.7 Å². The summed E-state index contributed by atoms with van der Waals surface area (Å²) in [7, 11) is 3.21. The number of rotatable bonds is 7. The van der Waals surface area contributed by atoms with E-state index in [1.165, 1.54) is 0 Å². The summed E-state index contributed by atoms with van der Waals surface area (Å²) in [4.78, 5) is 20.6. The van der Waals surface area contributed by atoms with Gasteiger partial charge in [-0.1, -0.05) is 18.2 Å². The molecule has 0 unspecified atom stereocenters. The minimum atomic E-state index is -0.130. The van der Waals surface area contributed by atoms with Gasteiger partial charge in [0.05, 0.1) is 7.11 Å². The van der Waals surface area contributed by atoms with Gasteiger partial charge >= 0.3 is 0 Å². The molecule has 6 nitrogen and oxygen atoms in total. The number of aromatic nitrogens is 2. The Morgan fingerprint density at radius 2 is 1.70 bits per heavy atom. The zero-order chi connectivity index (χ0) is 19.1. The third-order valence-electron chi connectivity index (χ3n) is 4.13. The molecule has 6 heteroatoms. The molecule has 0 saturated carbocycles. The van der Waals surface area contributed by atoms with E-state index >= 15 is 0 Å². The fourth-order valence-electron chi connectivity index (χ4n) is 2.69. The van der Waals surface area contributed by atoms with Crippen LogP contribution in [0.4, 0.5) is 11.6 Å². The number of hydrogen-bond acceptors (Lipinski definition) is 5. The normalized spacial score (nSPS) is 10.3. The maximum Gasteiger partial charge on any atom is 0.251 e. The van der Waals surface area contributed by atoms with Gasteiger partial charge in [-0.15, -0.1) is 0 Å². The fraction of sp³-hybridized carbons (Fsp3) is 0.190. The molecule has 1 amide bonds. The van der Waals surface area contributed by atoms with Crippen LogP contribution in [0.2, 0.25) is 0 Å². The Morgan fingerprint density at radius 3 is 2.37 bits per heavy atom. The summed E-state index contributed by atoms with van der Waals surface area (Å²) in [6.45, 7) is 0. The minimum Gasteiger partial charge on any atom is -0.497 e. The molecule has 0 atom stereocenters. The summed E-state index contributed by atoms with van der Waals surface area (Å²) in [5.41, 5.74) is 3.59. The molecule has 0 aliphatic heterocycles. The number of nitrogens with one attached hydrogen (secondary N) is 2. The lowest BCUT2D eigenvalue weighted by Gasteiger charge is -2.09. The third kappa shape index (κ3) is 5.04. The molecule has 2 aromatic carbocycles. The second-order valence-corrected chi connectivity index (χ2v) is 6.05. The number of carbonyl (C=O) groups is 1. The Bertz CT molecular complexity index is 896. The molecule has 0 aliphatic rings. The van der Waals surface area contributed by atoms with Crippen molar-refractivity contribution in [3.05, 3.63) is 77.6 Å². The van der Waals surface area contributed by atoms with E-state index in [0.717, 1.165) is 29.7 Å². The van der Waals surface area contributed by atoms with Gasteiger partial charge in [-0.25, -0.2) is 9.97 Å². The lowest BCUT2D eigenvalue weighted by atomic mass is 10.0. The monoisotopic (exact) mass is 362 g/mol. The van der Waals surface area contributed by atoms with Crippen molar-refractivity contribution in [2.45, 2.75) is 12.8 Å². The predicted molar refractivity (Wildman–Crippen MR) is 106 cm³/mol. The van der Waals surface area contributed by atoms with Gasteiger partial charge in [0.1, 0.15) is 5.75 Å². The molecule has 2 N–H and O–H groups in total. The highest BCUT2D eigenvalue weighted by Crippen LogP contribution is 2.19. The number of methoxy groups -OCH3 is 1. The molecule has 27 heavy (non-hydrogen) atoms. The highest BCUT2D eigenvalue weighted by Gasteiger charge is 2.08. The quantitative estimate of drug-likeness (QED) is 0.674. The van der Waals surface area contributed by atoms with E-state index in [9.17, 15) is 4.79 Å². The first-order valence-corrected chi connectivity index (χ1v) is 8.71. The molecule has 138 valence electrons. The van der Waals surface area contributed by atoms with Gasteiger partial charge in [-0.3, -0.25) is 4.79 Å². The summed E-state index contributed by atoms with van der Waals surface area (Å²) in [6.07, 6.45) is 5.16. The Balaban J connectivity index is 1.65. The Hall–Kier alpha value is -3.41. The van der Waals surface area contributed by atoms with Crippen molar-refractivity contribution < 1.29 is 9.53 Å². The summed E-state index contributed by atoms with van der Waals surface area (Å²) >= 11 is 0. The van der Waals surface area contributed by atoms with Crippen molar-refractivity contribution in [1.29, 1.82) is 0 Å². The number of benzene rings is 2. The zero-order valence-corrected chi connectivity index (χ0v) is 15.4. The summed E-state index contributed by atoms with van der Waals surface area (Å²) in [5.74, 6) is 1.10. The highest BCUT2D eigenvalue weighted by atomic mass is 16.5. The van der Waals surface area contributed by atoms with Gasteiger partial charge in [0.2, 0.25) is 5.95 Å². The predicted octanol–water partition coefficient (Wildman–Crippen LogP) is 3.37. The molecular weight excluding hydrogens is 340 g/mol. The molecule has 0 aliphatic carbocycles. The molecule has 0 spiro atoms. The van der Waals surface area contributed by atoms with Crippen LogP contribution in [-0.2, 0) is 12.8 Å². The molecule has 0 radical (unpaired) electrons. The van der Waals surface area contributed by atoms with Gasteiger partial charge in [-0.05, 0) is 54.3 Å². The Kier molecular flexibility index (Phi) is 5.99. The third-order valence-corrected chi connectivity index (χ3v) is 4.13. The van der Waals surface area contributed by atoms with Crippen molar-refractivity contribution in [2.24, 2.45) is 0 Å². The van der Waals surface area contributed by atoms with Crippen LogP contribution in [0, 0.1) is 0 Å². The molecule has 0 saturated heterocycles. The van der Waals surface area contributed by atoms with Crippen molar-refractivity contribution in [1.82, 2.24) is 15.3 Å². The molecule has 0 fully saturated rings. The van der Waals surface area contributed by atoms with Crippen LogP contribution >= 0.6 is 0 Å². The van der Waals surface area contributed by atoms with Gasteiger partial charge in [0.25, 0.3) is 5.91 Å². The van der Waals surface area contributed by atoms with Crippen molar-refractivity contribution in [3.8, 4) is 5.75 Å². The Morgan fingerprint density at radius 1 is 1.00 bits per heavy atom. The first-order valence-electron chi connectivity index (χ1n) is 8.71. The summed E-state index contributed by atoms with van der Waals surface area (Å²) < 4.78 is 5.30. The second-order valence-electron chi connectivity index (χ2n) is 6.05. The lowest BCUT2D eigenvalue weighted by molar-refractivity contribution is 0.0962. The number of nitrogens with zero attached hydrogens (tertiary/aromatic N) is 2. The lowest BCUT2D eigenvalue weighted by Crippen LogP contribution is -2.18. The minimum absolute atomic E-state index is 0.130. The van der Waals surface area contributed by atoms with Crippen LogP contribution < -0.4 is 15.4 Å². The number of anilines is 2. The van der Waals surface area contributed by atoms with Gasteiger partial charge in [-0.2, -0.15) is 0 Å². The number of ether oxygens (including phenoxy) is 1. The Labute approximate surface area is 158 Å². The SMILES string of the molecule is CNC(=O)c1cc(CCc2cnc(Nc3ccccc3)nc2)cc(OC)c1. The van der Waals surface area contributed by atoms with Crippen LogP contribution in [0.5, 0.6) is 5.75 Å². The van der Waals surface area contributed by atoms with E-state index in [2.05, 4.69) is 20.6 Å². The summed E-state index contributed by atoms with van der Waals surface area (Å²) in [6, 6.07) is 15.4. The van der Waals surface area contributed by atoms with Gasteiger partial charge in [0.15, 0.2) is 0 Å². The van der Waals surface area contributed by atoms with E-state index in [0.29, 0.717) is 17.3 Å². The van der Waals surface area contributed by atoms with Crippen LogP contribution in [-0.4, -0.2) is 30.0 Å². The first-order chi connectivity index (χ1) is 13.2. The van der Waals surface area contributed by atoms with Crippen molar-refractivity contribution in [2.75, 3.05) is 19.5 Å². The maximum atomic E-state index is 11.9. The smallest absolute Gasteiger partial charge is 0.251 e. The van der Waals surface area contributed by atoms with Crippen molar-refractivity contribution in [3.63, 3.8) is 0 Å². The zero-order valence-electron chi connectivity index (χ0n) is 15.4. The number of para-hydroxylation sites is 1. The number of hydrogen-bond donors (Lipinski definition) is 2. The van der Waals surface area contributed by atoms with Crippen LogP contribution in [0.15, 0.2) is 60.9 Å². The van der Waals surface area contributed by atoms with E-state index in [4.69, 9.17) is 4.74 Å².